The highest BCUT2D eigenvalue weighted by Gasteiger charge is 2.26. The predicted octanol–water partition coefficient (Wildman–Crippen LogP) is 4.79. The monoisotopic (exact) mass is 540 g/mol. The second kappa shape index (κ2) is 11.9. The van der Waals surface area contributed by atoms with Crippen molar-refractivity contribution < 1.29 is 23.1 Å². The van der Waals surface area contributed by atoms with Crippen LogP contribution in [0.15, 0.2) is 77.7 Å². The molecule has 0 aliphatic heterocycles. The van der Waals surface area contributed by atoms with Gasteiger partial charge in [0.2, 0.25) is 6.41 Å². The van der Waals surface area contributed by atoms with E-state index in [1.54, 1.807) is 48.5 Å². The summed E-state index contributed by atoms with van der Waals surface area (Å²) in [5.74, 6) is -2.18. The number of carboxylic acid groups (broad SMARTS) is 1. The summed E-state index contributed by atoms with van der Waals surface area (Å²) < 4.78 is 26.2. The molecule has 0 heterocycles. The Kier molecular flexibility index (Phi) is 8.63. The molecule has 194 valence electrons. The van der Waals surface area contributed by atoms with Gasteiger partial charge >= 0.3 is 5.97 Å². The molecule has 1 unspecified atom stereocenters. The van der Waals surface area contributed by atoms with Gasteiger partial charge in [-0.3, -0.25) is 9.59 Å². The van der Waals surface area contributed by atoms with Crippen molar-refractivity contribution >= 4 is 39.5 Å². The molecule has 2 N–H and O–H groups in total. The molecule has 1 saturated carbocycles. The Balaban J connectivity index is 1.38. The summed E-state index contributed by atoms with van der Waals surface area (Å²) in [7, 11) is -3.73. The molecule has 1 atom stereocenters. The van der Waals surface area contributed by atoms with Crippen LogP contribution in [0.4, 0.5) is 5.69 Å². The van der Waals surface area contributed by atoms with Crippen molar-refractivity contribution in [1.82, 2.24) is 5.43 Å². The first kappa shape index (κ1) is 26.9. The number of nitrogens with one attached hydrogen (secondary N) is 1. The number of anilines is 1. The number of carbonyl (C=O) groups excluding carboxylic acids is 1. The van der Waals surface area contributed by atoms with E-state index in [2.05, 4.69) is 5.43 Å². The fourth-order valence-corrected chi connectivity index (χ4v) is 6.05. The molecule has 0 aromatic heterocycles. The Morgan fingerprint density at radius 3 is 2.14 bits per heavy atom. The number of hydrogen-bond acceptors (Lipinski definition) is 5. The topological polar surface area (TPSA) is 104 Å². The smallest absolute Gasteiger partial charge is 0.303 e. The zero-order chi connectivity index (χ0) is 26.4. The van der Waals surface area contributed by atoms with Crippen molar-refractivity contribution in [3.05, 3.63) is 94.5 Å². The van der Waals surface area contributed by atoms with E-state index in [-0.39, 0.29) is 17.1 Å². The maximum absolute atomic E-state index is 13.1. The van der Waals surface area contributed by atoms with Gasteiger partial charge in [0.25, 0.3) is 0 Å². The summed E-state index contributed by atoms with van der Waals surface area (Å²) in [6, 6.07) is 21.6. The number of hydrogen-bond donors (Lipinski definition) is 2. The molecule has 1 aliphatic rings. The third-order valence-corrected chi connectivity index (χ3v) is 8.57. The number of carboxylic acids is 1. The average Bonchev–Trinajstić information content (AvgIpc) is 3.70. The summed E-state index contributed by atoms with van der Waals surface area (Å²) >= 11 is 6.23. The van der Waals surface area contributed by atoms with E-state index in [0.29, 0.717) is 16.6 Å². The van der Waals surface area contributed by atoms with Crippen LogP contribution in [0, 0.1) is 0 Å². The van der Waals surface area contributed by atoms with Gasteiger partial charge < -0.3 is 5.11 Å². The van der Waals surface area contributed by atoms with Crippen molar-refractivity contribution in [1.29, 1.82) is 0 Å². The second-order valence-electron chi connectivity index (χ2n) is 9.29. The maximum atomic E-state index is 13.1. The minimum Gasteiger partial charge on any atom is -0.481 e. The number of sulfone groups is 1. The Morgan fingerprint density at radius 2 is 1.59 bits per heavy atom. The summed E-state index contributed by atoms with van der Waals surface area (Å²) in [6.07, 6.45) is 4.08. The SMILES string of the molecule is O=CN(NC1CC1)c1ccc(CCc2ccc(S(=O)(=O)CC(CC(=O)O)c3ccccc3Cl)cc2)cc1. The van der Waals surface area contributed by atoms with Crippen molar-refractivity contribution in [3.63, 3.8) is 0 Å². The standard InChI is InChI=1S/C28H29ClN2O5S/c29-27-4-2-1-3-26(27)22(17-28(33)34)18-37(35,36)25-15-9-21(10-16-25)6-5-20-7-13-24(14-8-20)31(19-32)30-23-11-12-23/h1-4,7-10,13-16,19,22-23,30H,5-6,11-12,17-18H2,(H,33,34). The highest BCUT2D eigenvalue weighted by molar-refractivity contribution is 7.91. The first-order chi connectivity index (χ1) is 17.7. The van der Waals surface area contributed by atoms with Crippen LogP contribution >= 0.6 is 11.6 Å². The molecule has 3 aromatic rings. The molecule has 3 aromatic carbocycles. The number of amides is 1. The highest BCUT2D eigenvalue weighted by atomic mass is 35.5. The third kappa shape index (κ3) is 7.41. The van der Waals surface area contributed by atoms with Crippen molar-refractivity contribution in [2.75, 3.05) is 10.8 Å². The first-order valence-corrected chi connectivity index (χ1v) is 14.2. The first-order valence-electron chi connectivity index (χ1n) is 12.1. The van der Waals surface area contributed by atoms with Crippen molar-refractivity contribution in [2.24, 2.45) is 0 Å². The largest absolute Gasteiger partial charge is 0.481 e. The molecular formula is C28H29ClN2O5S. The summed E-state index contributed by atoms with van der Waals surface area (Å²) in [6.45, 7) is 0. The average molecular weight is 541 g/mol. The number of rotatable bonds is 13. The Morgan fingerprint density at radius 1 is 1.00 bits per heavy atom. The lowest BCUT2D eigenvalue weighted by Gasteiger charge is -2.18. The molecule has 1 aliphatic carbocycles. The second-order valence-corrected chi connectivity index (χ2v) is 11.7. The van der Waals surface area contributed by atoms with Crippen LogP contribution in [0.2, 0.25) is 5.02 Å². The van der Waals surface area contributed by atoms with E-state index >= 15 is 0 Å². The summed E-state index contributed by atoms with van der Waals surface area (Å²) in [4.78, 5) is 22.9. The van der Waals surface area contributed by atoms with Crippen LogP contribution < -0.4 is 10.4 Å². The number of halogens is 1. The fourth-order valence-electron chi connectivity index (χ4n) is 4.19. The molecule has 1 amide bonds. The van der Waals surface area contributed by atoms with Gasteiger partial charge in [-0.15, -0.1) is 0 Å². The van der Waals surface area contributed by atoms with Crippen LogP contribution in [-0.2, 0) is 32.3 Å². The zero-order valence-electron chi connectivity index (χ0n) is 20.2. The number of hydrazine groups is 1. The Bertz CT molecular complexity index is 1340. The van der Waals surface area contributed by atoms with Gasteiger partial charge in [0, 0.05) is 17.0 Å². The van der Waals surface area contributed by atoms with Gasteiger partial charge in [-0.1, -0.05) is 54.1 Å². The van der Waals surface area contributed by atoms with E-state index in [4.69, 9.17) is 11.6 Å². The molecule has 0 bridgehead atoms. The van der Waals surface area contributed by atoms with Gasteiger partial charge in [-0.2, -0.15) is 0 Å². The van der Waals surface area contributed by atoms with E-state index in [1.165, 1.54) is 5.01 Å². The molecule has 0 saturated heterocycles. The molecule has 0 radical (unpaired) electrons. The number of nitrogens with zero attached hydrogens (tertiary/aromatic N) is 1. The van der Waals surface area contributed by atoms with E-state index in [9.17, 15) is 23.1 Å². The minimum absolute atomic E-state index is 0.153. The quantitative estimate of drug-likeness (QED) is 0.239. The van der Waals surface area contributed by atoms with E-state index in [1.807, 2.05) is 24.3 Å². The van der Waals surface area contributed by atoms with Crippen molar-refractivity contribution in [2.45, 2.75) is 49.0 Å². The molecular weight excluding hydrogens is 512 g/mol. The van der Waals surface area contributed by atoms with Crippen LogP contribution in [0.1, 0.15) is 41.9 Å². The van der Waals surface area contributed by atoms with Crippen LogP contribution in [0.25, 0.3) is 0 Å². The number of carbonyl (C=O) groups is 2. The lowest BCUT2D eigenvalue weighted by molar-refractivity contribution is -0.137. The molecule has 7 nitrogen and oxygen atoms in total. The molecule has 0 spiro atoms. The number of aryl methyl sites for hydroxylation is 2. The van der Waals surface area contributed by atoms with Gasteiger partial charge in [0.15, 0.2) is 9.84 Å². The molecule has 1 fully saturated rings. The Labute approximate surface area is 222 Å². The summed E-state index contributed by atoms with van der Waals surface area (Å²) in [5.41, 5.74) is 6.56. The number of benzene rings is 3. The van der Waals surface area contributed by atoms with E-state index in [0.717, 1.165) is 48.9 Å². The minimum atomic E-state index is -3.73. The maximum Gasteiger partial charge on any atom is 0.303 e. The van der Waals surface area contributed by atoms with Crippen LogP contribution in [0.3, 0.4) is 0 Å². The lowest BCUT2D eigenvalue weighted by Crippen LogP contribution is -2.38. The zero-order valence-corrected chi connectivity index (χ0v) is 21.8. The van der Waals surface area contributed by atoms with Gasteiger partial charge in [0.1, 0.15) is 0 Å². The fraction of sp³-hybridized carbons (Fsp3) is 0.286. The Hall–Kier alpha value is -3.20. The molecule has 9 heteroatoms. The van der Waals surface area contributed by atoms with Gasteiger partial charge in [-0.25, -0.2) is 18.9 Å². The third-order valence-electron chi connectivity index (χ3n) is 6.39. The van der Waals surface area contributed by atoms with Gasteiger partial charge in [0.05, 0.1) is 22.8 Å². The molecule has 37 heavy (non-hydrogen) atoms. The van der Waals surface area contributed by atoms with Crippen LogP contribution in [-0.4, -0.2) is 37.7 Å². The van der Waals surface area contributed by atoms with E-state index < -0.39 is 21.7 Å². The van der Waals surface area contributed by atoms with Gasteiger partial charge in [-0.05, 0) is 72.7 Å². The normalized spacial score (nSPS) is 14.2. The number of aliphatic carboxylic acids is 1. The lowest BCUT2D eigenvalue weighted by atomic mass is 9.98. The highest BCUT2D eigenvalue weighted by Crippen LogP contribution is 2.30. The predicted molar refractivity (Wildman–Crippen MR) is 143 cm³/mol. The van der Waals surface area contributed by atoms with Crippen molar-refractivity contribution in [3.8, 4) is 0 Å². The summed E-state index contributed by atoms with van der Waals surface area (Å²) in [5, 5.41) is 11.2. The van der Waals surface area contributed by atoms with Crippen LogP contribution in [0.5, 0.6) is 0 Å². The molecule has 4 rings (SSSR count).